The lowest BCUT2D eigenvalue weighted by molar-refractivity contribution is 0.644. The van der Waals surface area contributed by atoms with Crippen molar-refractivity contribution in [3.8, 4) is 6.07 Å². The van der Waals surface area contributed by atoms with Gasteiger partial charge in [0.05, 0.1) is 12.0 Å². The molecule has 1 aromatic heterocycles. The van der Waals surface area contributed by atoms with Crippen LogP contribution in [-0.4, -0.2) is 18.1 Å². The number of aromatic nitrogens is 1. The van der Waals surface area contributed by atoms with E-state index in [1.807, 2.05) is 18.3 Å². The average molecular weight is 252 g/mol. The highest BCUT2D eigenvalue weighted by Crippen LogP contribution is 2.27. The lowest BCUT2D eigenvalue weighted by Gasteiger charge is -2.11. The van der Waals surface area contributed by atoms with E-state index >= 15 is 0 Å². The highest BCUT2D eigenvalue weighted by Gasteiger charge is 2.28. The van der Waals surface area contributed by atoms with Crippen molar-refractivity contribution < 1.29 is 0 Å². The van der Waals surface area contributed by atoms with Crippen LogP contribution < -0.4 is 5.32 Å². The summed E-state index contributed by atoms with van der Waals surface area (Å²) in [4.78, 5) is 4.17. The molecule has 0 aromatic carbocycles. The molecule has 1 aromatic rings. The van der Waals surface area contributed by atoms with Crippen LogP contribution in [0.1, 0.15) is 11.5 Å². The van der Waals surface area contributed by atoms with Crippen molar-refractivity contribution in [3.05, 3.63) is 28.5 Å². The molecule has 2 atom stereocenters. The van der Waals surface area contributed by atoms with Crippen LogP contribution >= 0.6 is 15.9 Å². The predicted molar refractivity (Wildman–Crippen MR) is 56.7 cm³/mol. The van der Waals surface area contributed by atoms with Crippen molar-refractivity contribution in [1.29, 1.82) is 5.26 Å². The van der Waals surface area contributed by atoms with Gasteiger partial charge in [-0.05, 0) is 27.6 Å². The van der Waals surface area contributed by atoms with E-state index in [1.54, 1.807) is 0 Å². The Labute approximate surface area is 91.3 Å². The zero-order valence-corrected chi connectivity index (χ0v) is 9.16. The van der Waals surface area contributed by atoms with Gasteiger partial charge in [-0.3, -0.25) is 0 Å². The Bertz CT molecular complexity index is 355. The Balaban J connectivity index is 2.23. The van der Waals surface area contributed by atoms with Crippen LogP contribution in [0.2, 0.25) is 0 Å². The third-order valence-corrected chi connectivity index (χ3v) is 3.03. The number of hydrogen-bond donors (Lipinski definition) is 1. The fourth-order valence-electron chi connectivity index (χ4n) is 1.77. The number of hydrogen-bond acceptors (Lipinski definition) is 3. The lowest BCUT2D eigenvalue weighted by Crippen LogP contribution is -2.08. The maximum atomic E-state index is 8.93. The van der Waals surface area contributed by atoms with E-state index in [0.717, 1.165) is 23.3 Å². The number of nitrogens with one attached hydrogen (secondary N) is 1. The maximum absolute atomic E-state index is 8.93. The number of pyridine rings is 1. The molecule has 0 bridgehead atoms. The molecule has 72 valence electrons. The molecule has 0 amide bonds. The summed E-state index contributed by atoms with van der Waals surface area (Å²) < 4.78 is 0.834. The lowest BCUT2D eigenvalue weighted by atomic mass is 9.91. The van der Waals surface area contributed by atoms with E-state index in [4.69, 9.17) is 5.26 Å². The monoisotopic (exact) mass is 251 g/mol. The van der Waals surface area contributed by atoms with Gasteiger partial charge in [-0.2, -0.15) is 5.26 Å². The zero-order valence-electron chi connectivity index (χ0n) is 7.57. The van der Waals surface area contributed by atoms with Crippen LogP contribution in [0.15, 0.2) is 22.9 Å². The minimum absolute atomic E-state index is 0.0815. The van der Waals surface area contributed by atoms with Gasteiger partial charge in [-0.25, -0.2) is 4.98 Å². The van der Waals surface area contributed by atoms with Gasteiger partial charge < -0.3 is 5.32 Å². The minimum atomic E-state index is 0.0815. The Morgan fingerprint density at radius 3 is 3.00 bits per heavy atom. The van der Waals surface area contributed by atoms with Gasteiger partial charge in [0.1, 0.15) is 4.60 Å². The average Bonchev–Trinajstić information content (AvgIpc) is 2.67. The third kappa shape index (κ3) is 1.79. The quantitative estimate of drug-likeness (QED) is 0.773. The summed E-state index contributed by atoms with van der Waals surface area (Å²) >= 11 is 3.29. The van der Waals surface area contributed by atoms with Crippen LogP contribution in [0, 0.1) is 17.2 Å². The molecule has 14 heavy (non-hydrogen) atoms. The number of nitriles is 1. The predicted octanol–water partition coefficient (Wildman–Crippen LogP) is 1.67. The Kier molecular flexibility index (Phi) is 2.80. The maximum Gasteiger partial charge on any atom is 0.106 e. The Hall–Kier alpha value is -0.920. The number of nitrogens with zero attached hydrogens (tertiary/aromatic N) is 2. The molecule has 1 saturated heterocycles. The van der Waals surface area contributed by atoms with Crippen LogP contribution in [0.5, 0.6) is 0 Å². The van der Waals surface area contributed by atoms with Crippen molar-refractivity contribution >= 4 is 15.9 Å². The van der Waals surface area contributed by atoms with E-state index in [9.17, 15) is 0 Å². The Morgan fingerprint density at radius 1 is 1.50 bits per heavy atom. The topological polar surface area (TPSA) is 48.7 Å². The standard InChI is InChI=1S/C10H10BrN3/c11-10-2-1-7(5-14-10)9-6-13-4-8(9)3-12/h1-2,5,8-9,13H,4,6H2. The van der Waals surface area contributed by atoms with Crippen LogP contribution in [0.3, 0.4) is 0 Å². The van der Waals surface area contributed by atoms with Crippen LogP contribution in [0.25, 0.3) is 0 Å². The summed E-state index contributed by atoms with van der Waals surface area (Å²) in [6.45, 7) is 1.67. The van der Waals surface area contributed by atoms with Crippen LogP contribution in [-0.2, 0) is 0 Å². The first-order valence-electron chi connectivity index (χ1n) is 4.53. The van der Waals surface area contributed by atoms with Crippen molar-refractivity contribution in [2.75, 3.05) is 13.1 Å². The summed E-state index contributed by atoms with van der Waals surface area (Å²) in [5, 5.41) is 12.2. The molecule has 2 rings (SSSR count). The molecule has 1 N–H and O–H groups in total. The summed E-state index contributed by atoms with van der Waals surface area (Å²) in [5.41, 5.74) is 1.14. The van der Waals surface area contributed by atoms with Crippen molar-refractivity contribution in [3.63, 3.8) is 0 Å². The van der Waals surface area contributed by atoms with E-state index in [1.165, 1.54) is 0 Å². The number of halogens is 1. The third-order valence-electron chi connectivity index (χ3n) is 2.56. The molecule has 4 heteroatoms. The highest BCUT2D eigenvalue weighted by atomic mass is 79.9. The molecule has 1 aliphatic rings. The molecule has 3 nitrogen and oxygen atoms in total. The van der Waals surface area contributed by atoms with E-state index in [-0.39, 0.29) is 5.92 Å². The molecular weight excluding hydrogens is 242 g/mol. The molecular formula is C10H10BrN3. The molecule has 2 heterocycles. The summed E-state index contributed by atoms with van der Waals surface area (Å²) in [6.07, 6.45) is 1.84. The fraction of sp³-hybridized carbons (Fsp3) is 0.400. The molecule has 1 aliphatic heterocycles. The SMILES string of the molecule is N#CC1CNCC1c1ccc(Br)nc1. The smallest absolute Gasteiger partial charge is 0.106 e. The molecule has 0 spiro atoms. The molecule has 2 unspecified atom stereocenters. The summed E-state index contributed by atoms with van der Waals surface area (Å²) in [5.74, 6) is 0.374. The van der Waals surface area contributed by atoms with Gasteiger partial charge in [0.25, 0.3) is 0 Å². The second kappa shape index (κ2) is 4.07. The zero-order chi connectivity index (χ0) is 9.97. The van der Waals surface area contributed by atoms with Gasteiger partial charge in [0.2, 0.25) is 0 Å². The second-order valence-electron chi connectivity index (χ2n) is 3.41. The van der Waals surface area contributed by atoms with Crippen molar-refractivity contribution in [2.45, 2.75) is 5.92 Å². The first kappa shape index (κ1) is 9.63. The molecule has 0 radical (unpaired) electrons. The second-order valence-corrected chi connectivity index (χ2v) is 4.23. The van der Waals surface area contributed by atoms with Gasteiger partial charge in [-0.15, -0.1) is 0 Å². The summed E-state index contributed by atoms with van der Waals surface area (Å²) in [7, 11) is 0. The number of rotatable bonds is 1. The molecule has 0 saturated carbocycles. The van der Waals surface area contributed by atoms with Crippen molar-refractivity contribution in [1.82, 2.24) is 10.3 Å². The first-order chi connectivity index (χ1) is 6.81. The van der Waals surface area contributed by atoms with Crippen molar-refractivity contribution in [2.24, 2.45) is 5.92 Å². The van der Waals surface area contributed by atoms with E-state index < -0.39 is 0 Å². The Morgan fingerprint density at radius 2 is 2.36 bits per heavy atom. The molecule has 0 aliphatic carbocycles. The van der Waals surface area contributed by atoms with Gasteiger partial charge in [-0.1, -0.05) is 6.07 Å². The largest absolute Gasteiger partial charge is 0.315 e. The van der Waals surface area contributed by atoms with Gasteiger partial charge >= 0.3 is 0 Å². The normalized spacial score (nSPS) is 26.0. The summed E-state index contributed by atoms with van der Waals surface area (Å²) in [6, 6.07) is 6.27. The van der Waals surface area contributed by atoms with E-state index in [0.29, 0.717) is 5.92 Å². The fourth-order valence-corrected chi connectivity index (χ4v) is 2.01. The van der Waals surface area contributed by atoms with E-state index in [2.05, 4.69) is 32.3 Å². The molecule has 1 fully saturated rings. The first-order valence-corrected chi connectivity index (χ1v) is 5.32. The van der Waals surface area contributed by atoms with Gasteiger partial charge in [0, 0.05) is 25.2 Å². The highest BCUT2D eigenvalue weighted by molar-refractivity contribution is 9.10. The van der Waals surface area contributed by atoms with Crippen LogP contribution in [0.4, 0.5) is 0 Å². The minimum Gasteiger partial charge on any atom is -0.315 e. The van der Waals surface area contributed by atoms with Gasteiger partial charge in [0.15, 0.2) is 0 Å².